The molecule has 0 radical (unpaired) electrons. The molecule has 94 valence electrons. The Morgan fingerprint density at radius 2 is 2.35 bits per heavy atom. The van der Waals surface area contributed by atoms with Gasteiger partial charge in [0, 0.05) is 0 Å². The number of hydrogen-bond donors (Lipinski definition) is 1. The summed E-state index contributed by atoms with van der Waals surface area (Å²) in [6.07, 6.45) is 2.89. The van der Waals surface area contributed by atoms with Crippen LogP contribution in [0.5, 0.6) is 0 Å². The Bertz CT molecular complexity index is 343. The first kappa shape index (κ1) is 14.6. The summed E-state index contributed by atoms with van der Waals surface area (Å²) in [6.45, 7) is 5.00. The molecule has 17 heavy (non-hydrogen) atoms. The average molecular weight is 268 g/mol. The monoisotopic (exact) mass is 268 g/mol. The van der Waals surface area contributed by atoms with Crippen LogP contribution in [0.3, 0.4) is 0 Å². The van der Waals surface area contributed by atoms with E-state index in [0.29, 0.717) is 0 Å². The van der Waals surface area contributed by atoms with Gasteiger partial charge in [0.2, 0.25) is 0 Å². The van der Waals surface area contributed by atoms with E-state index in [9.17, 15) is 5.26 Å². The summed E-state index contributed by atoms with van der Waals surface area (Å²) in [5.74, 6) is 1.09. The normalized spacial score (nSPS) is 14.2. The highest BCUT2D eigenvalue weighted by atomic mass is 32.2. The first-order valence-corrected chi connectivity index (χ1v) is 7.95. The smallest absolute Gasteiger partial charge is 0.106 e. The summed E-state index contributed by atoms with van der Waals surface area (Å²) in [5.41, 5.74) is -0.315. The van der Waals surface area contributed by atoms with Crippen LogP contribution in [0.4, 0.5) is 0 Å². The zero-order chi connectivity index (χ0) is 12.6. The Labute approximate surface area is 112 Å². The third-order valence-corrected chi connectivity index (χ3v) is 5.04. The minimum absolute atomic E-state index is 0.315. The summed E-state index contributed by atoms with van der Waals surface area (Å²) in [4.78, 5) is 0. The van der Waals surface area contributed by atoms with Crippen molar-refractivity contribution in [2.24, 2.45) is 0 Å². The van der Waals surface area contributed by atoms with Crippen molar-refractivity contribution in [1.29, 1.82) is 5.26 Å². The Morgan fingerprint density at radius 1 is 1.53 bits per heavy atom. The van der Waals surface area contributed by atoms with E-state index in [2.05, 4.69) is 42.7 Å². The van der Waals surface area contributed by atoms with Crippen molar-refractivity contribution in [2.75, 3.05) is 12.3 Å². The van der Waals surface area contributed by atoms with Crippen LogP contribution in [0.1, 0.15) is 33.1 Å². The van der Waals surface area contributed by atoms with E-state index in [-0.39, 0.29) is 5.54 Å². The molecule has 0 aliphatic carbocycles. The van der Waals surface area contributed by atoms with Crippen molar-refractivity contribution in [3.8, 4) is 6.07 Å². The van der Waals surface area contributed by atoms with Crippen LogP contribution in [0.2, 0.25) is 0 Å². The SMILES string of the molecule is CCNC(C#N)(CC)CCCSc1cccs1. The largest absolute Gasteiger partial charge is 0.300 e. The molecule has 1 rings (SSSR count). The van der Waals surface area contributed by atoms with E-state index in [1.165, 1.54) is 4.21 Å². The van der Waals surface area contributed by atoms with E-state index >= 15 is 0 Å². The van der Waals surface area contributed by atoms with Gasteiger partial charge in [-0.05, 0) is 43.0 Å². The Hall–Kier alpha value is -0.500. The molecule has 0 saturated carbocycles. The minimum atomic E-state index is -0.315. The molecule has 2 nitrogen and oxygen atoms in total. The first-order valence-electron chi connectivity index (χ1n) is 6.09. The van der Waals surface area contributed by atoms with Crippen LogP contribution in [-0.2, 0) is 0 Å². The van der Waals surface area contributed by atoms with Gasteiger partial charge in [-0.2, -0.15) is 5.26 Å². The van der Waals surface area contributed by atoms with E-state index in [0.717, 1.165) is 31.6 Å². The molecule has 0 saturated heterocycles. The molecule has 0 bridgehead atoms. The second-order valence-electron chi connectivity index (χ2n) is 3.96. The summed E-state index contributed by atoms with van der Waals surface area (Å²) in [5, 5.41) is 14.7. The molecular formula is C13H20N2S2. The van der Waals surface area contributed by atoms with Gasteiger partial charge in [0.05, 0.1) is 10.3 Å². The summed E-state index contributed by atoms with van der Waals surface area (Å²) in [7, 11) is 0. The predicted molar refractivity (Wildman–Crippen MR) is 76.6 cm³/mol. The van der Waals surface area contributed by atoms with Crippen LogP contribution in [0.15, 0.2) is 21.7 Å². The first-order chi connectivity index (χ1) is 8.26. The van der Waals surface area contributed by atoms with Gasteiger partial charge in [-0.3, -0.25) is 5.32 Å². The molecular weight excluding hydrogens is 248 g/mol. The highest BCUT2D eigenvalue weighted by Gasteiger charge is 2.25. The number of nitriles is 1. The average Bonchev–Trinajstić information content (AvgIpc) is 2.86. The molecule has 1 N–H and O–H groups in total. The van der Waals surface area contributed by atoms with Gasteiger partial charge in [-0.25, -0.2) is 0 Å². The van der Waals surface area contributed by atoms with Gasteiger partial charge in [0.15, 0.2) is 0 Å². The summed E-state index contributed by atoms with van der Waals surface area (Å²) in [6, 6.07) is 6.67. The van der Waals surface area contributed by atoms with Crippen molar-refractivity contribution in [3.05, 3.63) is 17.5 Å². The van der Waals surface area contributed by atoms with E-state index in [1.807, 2.05) is 11.8 Å². The van der Waals surface area contributed by atoms with E-state index in [4.69, 9.17) is 0 Å². The second-order valence-corrected chi connectivity index (χ2v) is 6.30. The lowest BCUT2D eigenvalue weighted by molar-refractivity contribution is 0.379. The Balaban J connectivity index is 2.30. The maximum Gasteiger partial charge on any atom is 0.106 e. The third kappa shape index (κ3) is 4.71. The maximum absolute atomic E-state index is 9.27. The molecule has 1 atom stereocenters. The third-order valence-electron chi connectivity index (χ3n) is 2.82. The Kier molecular flexibility index (Phi) is 6.64. The zero-order valence-corrected chi connectivity index (χ0v) is 12.2. The summed E-state index contributed by atoms with van der Waals surface area (Å²) < 4.78 is 1.37. The highest BCUT2D eigenvalue weighted by Crippen LogP contribution is 2.26. The molecule has 0 aliphatic heterocycles. The lowest BCUT2D eigenvalue weighted by Gasteiger charge is -2.25. The fourth-order valence-corrected chi connectivity index (χ4v) is 3.60. The van der Waals surface area contributed by atoms with Gasteiger partial charge in [-0.1, -0.05) is 19.9 Å². The van der Waals surface area contributed by atoms with Crippen molar-refractivity contribution in [1.82, 2.24) is 5.32 Å². The minimum Gasteiger partial charge on any atom is -0.300 e. The molecule has 0 aliphatic rings. The quantitative estimate of drug-likeness (QED) is 0.574. The van der Waals surface area contributed by atoms with Gasteiger partial charge < -0.3 is 0 Å². The maximum atomic E-state index is 9.27. The second kappa shape index (κ2) is 7.75. The van der Waals surface area contributed by atoms with Crippen molar-refractivity contribution < 1.29 is 0 Å². The van der Waals surface area contributed by atoms with Gasteiger partial charge in [-0.15, -0.1) is 23.1 Å². The lowest BCUT2D eigenvalue weighted by Crippen LogP contribution is -2.43. The molecule has 0 fully saturated rings. The molecule has 0 aromatic carbocycles. The molecule has 0 spiro atoms. The van der Waals surface area contributed by atoms with Crippen LogP contribution < -0.4 is 5.32 Å². The van der Waals surface area contributed by atoms with E-state index < -0.39 is 0 Å². The van der Waals surface area contributed by atoms with Gasteiger partial charge in [0.1, 0.15) is 5.54 Å². The number of thiophene rings is 1. The number of hydrogen-bond acceptors (Lipinski definition) is 4. The molecule has 1 aromatic rings. The fourth-order valence-electron chi connectivity index (χ4n) is 1.80. The topological polar surface area (TPSA) is 35.8 Å². The Morgan fingerprint density at radius 3 is 2.88 bits per heavy atom. The standard InChI is InChI=1S/C13H20N2S2/c1-3-13(11-14,15-4-2)8-6-10-17-12-7-5-9-16-12/h5,7,9,15H,3-4,6,8,10H2,1-2H3. The molecule has 1 heterocycles. The van der Waals surface area contributed by atoms with Crippen molar-refractivity contribution >= 4 is 23.1 Å². The highest BCUT2D eigenvalue weighted by molar-refractivity contribution is 8.01. The van der Waals surface area contributed by atoms with Crippen molar-refractivity contribution in [3.63, 3.8) is 0 Å². The van der Waals surface area contributed by atoms with Crippen LogP contribution in [0.25, 0.3) is 0 Å². The van der Waals surface area contributed by atoms with Crippen LogP contribution >= 0.6 is 23.1 Å². The molecule has 0 amide bonds. The lowest BCUT2D eigenvalue weighted by atomic mass is 9.92. The molecule has 1 unspecified atom stereocenters. The van der Waals surface area contributed by atoms with E-state index in [1.54, 1.807) is 11.3 Å². The molecule has 1 aromatic heterocycles. The number of nitrogens with one attached hydrogen (secondary N) is 1. The molecule has 4 heteroatoms. The number of thioether (sulfide) groups is 1. The van der Waals surface area contributed by atoms with Gasteiger partial charge in [0.25, 0.3) is 0 Å². The van der Waals surface area contributed by atoms with Crippen LogP contribution in [0, 0.1) is 11.3 Å². The zero-order valence-electron chi connectivity index (χ0n) is 10.5. The van der Waals surface area contributed by atoms with Crippen LogP contribution in [-0.4, -0.2) is 17.8 Å². The predicted octanol–water partition coefficient (Wildman–Crippen LogP) is 3.90. The fraction of sp³-hybridized carbons (Fsp3) is 0.615. The summed E-state index contributed by atoms with van der Waals surface area (Å²) >= 11 is 3.67. The number of rotatable bonds is 8. The number of nitrogens with zero attached hydrogens (tertiary/aromatic N) is 1. The van der Waals surface area contributed by atoms with Gasteiger partial charge >= 0.3 is 0 Å². The van der Waals surface area contributed by atoms with Crippen molar-refractivity contribution in [2.45, 2.75) is 42.9 Å².